The molecule has 0 spiro atoms. The van der Waals surface area contributed by atoms with Crippen molar-refractivity contribution in [2.45, 2.75) is 18.5 Å². The first kappa shape index (κ1) is 28.2. The molecule has 43 heavy (non-hydrogen) atoms. The van der Waals surface area contributed by atoms with Crippen LogP contribution in [0.4, 0.5) is 4.79 Å². The van der Waals surface area contributed by atoms with E-state index in [0.717, 1.165) is 5.56 Å². The minimum Gasteiger partial charge on any atom is -0.457 e. The van der Waals surface area contributed by atoms with E-state index in [4.69, 9.17) is 9.47 Å². The van der Waals surface area contributed by atoms with E-state index in [1.165, 1.54) is 0 Å². The first-order valence-electron chi connectivity index (χ1n) is 14.5. The molecule has 1 fully saturated rings. The fourth-order valence-corrected chi connectivity index (χ4v) is 5.88. The maximum absolute atomic E-state index is 14.4. The summed E-state index contributed by atoms with van der Waals surface area (Å²) < 4.78 is 11.5. The molecular formula is C34H34N4O5. The van der Waals surface area contributed by atoms with Crippen molar-refractivity contribution in [1.82, 2.24) is 20.0 Å². The van der Waals surface area contributed by atoms with Gasteiger partial charge in [0.25, 0.3) is 5.91 Å². The zero-order valence-electron chi connectivity index (χ0n) is 23.9. The van der Waals surface area contributed by atoms with Crippen LogP contribution >= 0.6 is 0 Å². The van der Waals surface area contributed by atoms with Crippen LogP contribution in [0.25, 0.3) is 0 Å². The summed E-state index contributed by atoms with van der Waals surface area (Å²) in [6.07, 6.45) is 1.99. The number of urea groups is 1. The van der Waals surface area contributed by atoms with Gasteiger partial charge in [-0.3, -0.25) is 14.5 Å². The lowest BCUT2D eigenvalue weighted by Gasteiger charge is -2.35. The number of carbonyl (C=O) groups is 3. The molecule has 9 heteroatoms. The summed E-state index contributed by atoms with van der Waals surface area (Å²) in [6.45, 7) is 6.05. The lowest BCUT2D eigenvalue weighted by atomic mass is 9.95. The Balaban J connectivity index is 1.35. The van der Waals surface area contributed by atoms with Crippen molar-refractivity contribution in [1.29, 1.82) is 0 Å². The number of rotatable bonds is 9. The van der Waals surface area contributed by atoms with Crippen LogP contribution < -0.4 is 10.1 Å². The van der Waals surface area contributed by atoms with Gasteiger partial charge >= 0.3 is 6.03 Å². The van der Waals surface area contributed by atoms with Crippen molar-refractivity contribution in [3.63, 3.8) is 0 Å². The van der Waals surface area contributed by atoms with Gasteiger partial charge in [0, 0.05) is 26.1 Å². The van der Waals surface area contributed by atoms with E-state index in [9.17, 15) is 14.4 Å². The molecule has 3 aromatic rings. The van der Waals surface area contributed by atoms with Gasteiger partial charge in [-0.1, -0.05) is 66.7 Å². The number of nitrogens with zero attached hydrogens (tertiary/aromatic N) is 3. The highest BCUT2D eigenvalue weighted by atomic mass is 16.5. The van der Waals surface area contributed by atoms with E-state index in [0.29, 0.717) is 61.1 Å². The van der Waals surface area contributed by atoms with Crippen molar-refractivity contribution in [3.8, 4) is 11.5 Å². The third-order valence-electron chi connectivity index (χ3n) is 7.99. The highest BCUT2D eigenvalue weighted by Gasteiger charge is 2.47. The second-order valence-electron chi connectivity index (χ2n) is 10.7. The van der Waals surface area contributed by atoms with Crippen LogP contribution in [0.3, 0.4) is 0 Å². The van der Waals surface area contributed by atoms with Crippen LogP contribution in [-0.4, -0.2) is 78.0 Å². The highest BCUT2D eigenvalue weighted by molar-refractivity contribution is 6.03. The number of hydrogen-bond donors (Lipinski definition) is 1. The van der Waals surface area contributed by atoms with Gasteiger partial charge in [0.1, 0.15) is 17.5 Å². The fraction of sp³-hybridized carbons (Fsp3) is 0.265. The van der Waals surface area contributed by atoms with Crippen molar-refractivity contribution in [2.75, 3.05) is 39.4 Å². The van der Waals surface area contributed by atoms with Crippen LogP contribution in [0.1, 0.15) is 17.2 Å². The second kappa shape index (κ2) is 12.5. The first-order chi connectivity index (χ1) is 21.0. The van der Waals surface area contributed by atoms with E-state index < -0.39 is 12.1 Å². The normalized spacial score (nSPS) is 19.2. The summed E-state index contributed by atoms with van der Waals surface area (Å²) in [5, 5.41) is 3.03. The summed E-state index contributed by atoms with van der Waals surface area (Å²) in [5.41, 5.74) is 2.69. The topological polar surface area (TPSA) is 91.4 Å². The molecule has 220 valence electrons. The lowest BCUT2D eigenvalue weighted by Crippen LogP contribution is -2.53. The van der Waals surface area contributed by atoms with Crippen LogP contribution in [0, 0.1) is 0 Å². The molecule has 0 aromatic heterocycles. The largest absolute Gasteiger partial charge is 0.457 e. The predicted octanol–water partition coefficient (Wildman–Crippen LogP) is 4.30. The second-order valence-corrected chi connectivity index (χ2v) is 10.7. The molecule has 3 heterocycles. The lowest BCUT2D eigenvalue weighted by molar-refractivity contribution is -0.145. The molecule has 2 atom stereocenters. The number of hydrogen-bond acceptors (Lipinski definition) is 5. The molecular weight excluding hydrogens is 544 g/mol. The molecule has 0 unspecified atom stereocenters. The number of carbonyl (C=O) groups excluding carboxylic acids is 3. The first-order valence-corrected chi connectivity index (χ1v) is 14.5. The molecule has 9 nitrogen and oxygen atoms in total. The Morgan fingerprint density at radius 1 is 0.977 bits per heavy atom. The van der Waals surface area contributed by atoms with E-state index in [1.807, 2.05) is 84.9 Å². The molecule has 1 N–H and O–H groups in total. The predicted molar refractivity (Wildman–Crippen MR) is 161 cm³/mol. The number of morpholine rings is 1. The standard InChI is InChI=1S/C34H34N4O5/c1-2-16-37-29-23-38(28(21-24-10-5-3-6-11-24)32(39)36-17-19-42-20-18-36)33(40)30(29)31(35-34(37)41)25-12-9-15-27(22-25)43-26-13-7-4-8-14-26/h2-15,22,28,31H,1,16-21,23H2,(H,35,41)/t28-,31-/m1/s1. The number of benzene rings is 3. The average Bonchev–Trinajstić information content (AvgIpc) is 3.38. The van der Waals surface area contributed by atoms with Gasteiger partial charge in [0.15, 0.2) is 0 Å². The Kier molecular flexibility index (Phi) is 8.24. The fourth-order valence-electron chi connectivity index (χ4n) is 5.88. The molecule has 0 bridgehead atoms. The maximum atomic E-state index is 14.4. The monoisotopic (exact) mass is 578 g/mol. The third kappa shape index (κ3) is 5.89. The summed E-state index contributed by atoms with van der Waals surface area (Å²) >= 11 is 0. The van der Waals surface area contributed by atoms with Crippen molar-refractivity contribution >= 4 is 17.8 Å². The average molecular weight is 579 g/mol. The Morgan fingerprint density at radius 3 is 2.40 bits per heavy atom. The molecule has 0 saturated carbocycles. The molecule has 3 aliphatic heterocycles. The highest BCUT2D eigenvalue weighted by Crippen LogP contribution is 2.39. The third-order valence-corrected chi connectivity index (χ3v) is 7.99. The molecule has 6 rings (SSSR count). The SMILES string of the molecule is C=CCN1C(=O)N[C@H](c2cccc(Oc3ccccc3)c2)C2=C1CN([C@H](Cc1ccccc1)C(=O)N1CCOCC1)C2=O. The Labute approximate surface area is 251 Å². The summed E-state index contributed by atoms with van der Waals surface area (Å²) in [6, 6.07) is 24.7. The quantitative estimate of drug-likeness (QED) is 0.383. The van der Waals surface area contributed by atoms with Gasteiger partial charge in [0.2, 0.25) is 5.91 Å². The summed E-state index contributed by atoms with van der Waals surface area (Å²) in [7, 11) is 0. The van der Waals surface area contributed by atoms with Crippen LogP contribution in [0.5, 0.6) is 11.5 Å². The van der Waals surface area contributed by atoms with Crippen molar-refractivity contribution < 1.29 is 23.9 Å². The Hall–Kier alpha value is -4.89. The molecule has 1 saturated heterocycles. The Morgan fingerprint density at radius 2 is 1.67 bits per heavy atom. The van der Waals surface area contributed by atoms with Crippen molar-refractivity contribution in [3.05, 3.63) is 120 Å². The molecule has 3 aromatic carbocycles. The van der Waals surface area contributed by atoms with Crippen molar-refractivity contribution in [2.24, 2.45) is 0 Å². The zero-order chi connectivity index (χ0) is 29.8. The number of ether oxygens (including phenoxy) is 2. The maximum Gasteiger partial charge on any atom is 0.322 e. The smallest absolute Gasteiger partial charge is 0.322 e. The van der Waals surface area contributed by atoms with E-state index >= 15 is 0 Å². The summed E-state index contributed by atoms with van der Waals surface area (Å²) in [5.74, 6) is 0.869. The van der Waals surface area contributed by atoms with Gasteiger partial charge < -0.3 is 24.6 Å². The molecule has 4 amide bonds. The van der Waals surface area contributed by atoms with Gasteiger partial charge in [-0.05, 0) is 35.4 Å². The molecule has 3 aliphatic rings. The van der Waals surface area contributed by atoms with Crippen LogP contribution in [0.15, 0.2) is 109 Å². The molecule has 0 aliphatic carbocycles. The van der Waals surface area contributed by atoms with Crippen LogP contribution in [0.2, 0.25) is 0 Å². The van der Waals surface area contributed by atoms with Gasteiger partial charge in [0.05, 0.1) is 37.1 Å². The molecule has 0 radical (unpaired) electrons. The van der Waals surface area contributed by atoms with E-state index in [2.05, 4.69) is 11.9 Å². The van der Waals surface area contributed by atoms with Gasteiger partial charge in [-0.2, -0.15) is 0 Å². The minimum absolute atomic E-state index is 0.121. The minimum atomic E-state index is -0.743. The number of para-hydroxylation sites is 1. The van der Waals surface area contributed by atoms with Crippen LogP contribution in [-0.2, 0) is 20.7 Å². The van der Waals surface area contributed by atoms with E-state index in [1.54, 1.807) is 20.8 Å². The summed E-state index contributed by atoms with van der Waals surface area (Å²) in [4.78, 5) is 46.8. The number of amides is 4. The van der Waals surface area contributed by atoms with Gasteiger partial charge in [-0.15, -0.1) is 6.58 Å². The Bertz CT molecular complexity index is 1530. The zero-order valence-corrected chi connectivity index (χ0v) is 23.9. The number of nitrogens with one attached hydrogen (secondary N) is 1. The van der Waals surface area contributed by atoms with E-state index in [-0.39, 0.29) is 30.9 Å². The van der Waals surface area contributed by atoms with Gasteiger partial charge in [-0.25, -0.2) is 4.79 Å².